The van der Waals surface area contributed by atoms with E-state index in [1.54, 1.807) is 12.1 Å². The molecule has 0 spiro atoms. The Morgan fingerprint density at radius 3 is 1.92 bits per heavy atom. The number of rotatable bonds is 11. The minimum absolute atomic E-state index is 0.359. The highest BCUT2D eigenvalue weighted by Gasteiger charge is 2.05. The number of hydrogen-bond acceptors (Lipinski definition) is 2. The summed E-state index contributed by atoms with van der Waals surface area (Å²) in [7, 11) is 0. The molecule has 0 aliphatic carbocycles. The van der Waals surface area contributed by atoms with Crippen molar-refractivity contribution in [3.63, 3.8) is 0 Å². The topological polar surface area (TPSA) is 63.3 Å². The number of benzene rings is 2. The van der Waals surface area contributed by atoms with Crippen LogP contribution in [0, 0.1) is 0 Å². The van der Waals surface area contributed by atoms with Crippen molar-refractivity contribution in [3.05, 3.63) is 48.0 Å². The first kappa shape index (κ1) is 22.2. The van der Waals surface area contributed by atoms with Crippen molar-refractivity contribution in [2.24, 2.45) is 5.73 Å². The molecule has 144 valence electrons. The van der Waals surface area contributed by atoms with Crippen LogP contribution in [0.15, 0.2) is 42.5 Å². The Labute approximate surface area is 158 Å². The lowest BCUT2D eigenvalue weighted by atomic mass is 10.1. The first-order valence-electron chi connectivity index (χ1n) is 10.1. The summed E-state index contributed by atoms with van der Waals surface area (Å²) >= 11 is 0. The van der Waals surface area contributed by atoms with Gasteiger partial charge in [0.1, 0.15) is 0 Å². The Balaban J connectivity index is 0.000000260. The number of carbonyl (C=O) groups is 1. The van der Waals surface area contributed by atoms with Crippen molar-refractivity contribution in [2.45, 2.75) is 71.1 Å². The number of aromatic carboxylic acids is 1. The molecule has 26 heavy (non-hydrogen) atoms. The predicted octanol–water partition coefficient (Wildman–Crippen LogP) is 6.40. The van der Waals surface area contributed by atoms with Gasteiger partial charge >= 0.3 is 5.97 Å². The van der Waals surface area contributed by atoms with E-state index in [0.29, 0.717) is 5.56 Å². The molecule has 3 N–H and O–H groups in total. The molecule has 0 saturated heterocycles. The zero-order valence-corrected chi connectivity index (χ0v) is 16.3. The van der Waals surface area contributed by atoms with Crippen LogP contribution in [0.1, 0.15) is 81.5 Å². The van der Waals surface area contributed by atoms with Gasteiger partial charge in [0.05, 0.1) is 5.56 Å². The molecule has 3 nitrogen and oxygen atoms in total. The molecular weight excluding hydrogens is 322 g/mol. The second kappa shape index (κ2) is 14.3. The molecule has 0 saturated carbocycles. The van der Waals surface area contributed by atoms with Crippen molar-refractivity contribution in [1.82, 2.24) is 0 Å². The minimum atomic E-state index is -0.878. The Hall–Kier alpha value is -1.87. The Kier molecular flexibility index (Phi) is 12.2. The molecule has 3 heteroatoms. The van der Waals surface area contributed by atoms with Gasteiger partial charge in [-0.25, -0.2) is 4.79 Å². The van der Waals surface area contributed by atoms with E-state index in [1.165, 1.54) is 64.2 Å². The fourth-order valence-corrected chi connectivity index (χ4v) is 3.04. The lowest BCUT2D eigenvalue weighted by Crippen LogP contribution is -1.97. The van der Waals surface area contributed by atoms with Gasteiger partial charge in [0.2, 0.25) is 0 Å². The van der Waals surface area contributed by atoms with Gasteiger partial charge in [-0.2, -0.15) is 0 Å². The molecule has 0 fully saturated rings. The van der Waals surface area contributed by atoms with Gasteiger partial charge in [0.15, 0.2) is 0 Å². The van der Waals surface area contributed by atoms with Crippen LogP contribution in [-0.4, -0.2) is 17.6 Å². The number of carboxylic acids is 1. The third-order valence-electron chi connectivity index (χ3n) is 4.58. The van der Waals surface area contributed by atoms with Gasteiger partial charge in [-0.1, -0.05) is 101 Å². The summed E-state index contributed by atoms with van der Waals surface area (Å²) in [4.78, 5) is 10.8. The number of carboxylic acid groups (broad SMARTS) is 1. The molecule has 2 aromatic rings. The molecule has 2 aromatic carbocycles. The SMILES string of the molecule is CCCCCCCCCCCCN.O=C(O)c1cccc2ccccc12. The fraction of sp³-hybridized carbons (Fsp3) is 0.522. The van der Waals surface area contributed by atoms with Crippen molar-refractivity contribution >= 4 is 16.7 Å². The van der Waals surface area contributed by atoms with Crippen LogP contribution in [0.3, 0.4) is 0 Å². The van der Waals surface area contributed by atoms with E-state index in [0.717, 1.165) is 17.3 Å². The molecule has 0 heterocycles. The second-order valence-electron chi connectivity index (χ2n) is 6.80. The molecule has 0 amide bonds. The first-order valence-corrected chi connectivity index (χ1v) is 10.1. The molecule has 0 bridgehead atoms. The summed E-state index contributed by atoms with van der Waals surface area (Å²) in [6.07, 6.45) is 13.9. The van der Waals surface area contributed by atoms with Crippen molar-refractivity contribution in [3.8, 4) is 0 Å². The molecule has 0 aliphatic rings. The van der Waals surface area contributed by atoms with E-state index >= 15 is 0 Å². The Morgan fingerprint density at radius 2 is 1.35 bits per heavy atom. The lowest BCUT2D eigenvalue weighted by Gasteiger charge is -2.00. The van der Waals surface area contributed by atoms with E-state index in [-0.39, 0.29) is 0 Å². The molecule has 0 radical (unpaired) electrons. The van der Waals surface area contributed by atoms with Crippen LogP contribution < -0.4 is 5.73 Å². The van der Waals surface area contributed by atoms with Gasteiger partial charge in [-0.05, 0) is 29.8 Å². The molecule has 0 aromatic heterocycles. The van der Waals surface area contributed by atoms with Gasteiger partial charge in [-0.15, -0.1) is 0 Å². The van der Waals surface area contributed by atoms with Crippen LogP contribution in [0.2, 0.25) is 0 Å². The maximum Gasteiger partial charge on any atom is 0.336 e. The van der Waals surface area contributed by atoms with Crippen LogP contribution in [-0.2, 0) is 0 Å². The monoisotopic (exact) mass is 357 g/mol. The highest BCUT2D eigenvalue weighted by Crippen LogP contribution is 2.18. The maximum atomic E-state index is 10.8. The van der Waals surface area contributed by atoms with Crippen LogP contribution in [0.5, 0.6) is 0 Å². The number of hydrogen-bond donors (Lipinski definition) is 2. The second-order valence-corrected chi connectivity index (χ2v) is 6.80. The van der Waals surface area contributed by atoms with E-state index in [4.69, 9.17) is 10.8 Å². The Bertz CT molecular complexity index is 609. The summed E-state index contributed by atoms with van der Waals surface area (Å²) in [5.74, 6) is -0.878. The summed E-state index contributed by atoms with van der Waals surface area (Å²) in [5.41, 5.74) is 5.78. The van der Waals surface area contributed by atoms with Crippen molar-refractivity contribution < 1.29 is 9.90 Å². The smallest absolute Gasteiger partial charge is 0.336 e. The average molecular weight is 358 g/mol. The van der Waals surface area contributed by atoms with Crippen LogP contribution in [0.4, 0.5) is 0 Å². The van der Waals surface area contributed by atoms with Gasteiger partial charge in [0.25, 0.3) is 0 Å². The summed E-state index contributed by atoms with van der Waals surface area (Å²) < 4.78 is 0. The Morgan fingerprint density at radius 1 is 0.808 bits per heavy atom. The fourth-order valence-electron chi connectivity index (χ4n) is 3.04. The van der Waals surface area contributed by atoms with Gasteiger partial charge in [0, 0.05) is 0 Å². The molecule has 0 atom stereocenters. The van der Waals surface area contributed by atoms with E-state index < -0.39 is 5.97 Å². The highest BCUT2D eigenvalue weighted by molar-refractivity contribution is 6.03. The normalized spacial score (nSPS) is 10.4. The van der Waals surface area contributed by atoms with Gasteiger partial charge in [-0.3, -0.25) is 0 Å². The van der Waals surface area contributed by atoms with E-state index in [1.807, 2.05) is 30.3 Å². The van der Waals surface area contributed by atoms with E-state index in [9.17, 15) is 4.79 Å². The van der Waals surface area contributed by atoms with Crippen molar-refractivity contribution in [2.75, 3.05) is 6.54 Å². The van der Waals surface area contributed by atoms with Crippen molar-refractivity contribution in [1.29, 1.82) is 0 Å². The lowest BCUT2D eigenvalue weighted by molar-refractivity contribution is 0.0699. The first-order chi connectivity index (χ1) is 12.7. The minimum Gasteiger partial charge on any atom is -0.478 e. The quantitative estimate of drug-likeness (QED) is 0.457. The molecular formula is C23H35NO2. The maximum absolute atomic E-state index is 10.8. The standard InChI is InChI=1S/C12H27N.C11H8O2/c1-2-3-4-5-6-7-8-9-10-11-12-13;12-11(13)10-7-3-5-8-4-1-2-6-9(8)10/h2-13H2,1H3;1-7H,(H,12,13). The van der Waals surface area contributed by atoms with Crippen LogP contribution in [0.25, 0.3) is 10.8 Å². The van der Waals surface area contributed by atoms with E-state index in [2.05, 4.69) is 6.92 Å². The number of nitrogens with two attached hydrogens (primary N) is 1. The molecule has 0 unspecified atom stereocenters. The summed E-state index contributed by atoms with van der Waals surface area (Å²) in [5, 5.41) is 10.6. The average Bonchev–Trinajstić information content (AvgIpc) is 2.67. The number of fused-ring (bicyclic) bond motifs is 1. The zero-order chi connectivity index (χ0) is 19.0. The summed E-state index contributed by atoms with van der Waals surface area (Å²) in [6, 6.07) is 12.7. The third-order valence-corrected chi connectivity index (χ3v) is 4.58. The summed E-state index contributed by atoms with van der Waals surface area (Å²) in [6.45, 7) is 3.14. The zero-order valence-electron chi connectivity index (χ0n) is 16.3. The third kappa shape index (κ3) is 9.00. The van der Waals surface area contributed by atoms with Gasteiger partial charge < -0.3 is 10.8 Å². The molecule has 2 rings (SSSR count). The van der Waals surface area contributed by atoms with Crippen LogP contribution >= 0.6 is 0 Å². The molecule has 0 aliphatic heterocycles. The predicted molar refractivity (Wildman–Crippen MR) is 112 cm³/mol. The largest absolute Gasteiger partial charge is 0.478 e. The number of unbranched alkanes of at least 4 members (excludes halogenated alkanes) is 9. The highest BCUT2D eigenvalue weighted by atomic mass is 16.4.